The minimum absolute atomic E-state index is 0. The van der Waals surface area contributed by atoms with E-state index in [0.717, 1.165) is 0 Å². The summed E-state index contributed by atoms with van der Waals surface area (Å²) >= 11 is 0. The second-order valence-electron chi connectivity index (χ2n) is 3.28. The topological polar surface area (TPSA) is 65.3 Å². The third kappa shape index (κ3) is 4.30. The maximum atomic E-state index is 11.4. The van der Waals surface area contributed by atoms with E-state index in [1.54, 1.807) is 26.0 Å². The molecule has 0 radical (unpaired) electrons. The van der Waals surface area contributed by atoms with E-state index < -0.39 is 5.97 Å². The first-order chi connectivity index (χ1) is 7.60. The third-order valence-corrected chi connectivity index (χ3v) is 2.09. The predicted octanol–water partition coefficient (Wildman–Crippen LogP) is -0.00587. The molecule has 0 aliphatic heterocycles. The second kappa shape index (κ2) is 7.69. The summed E-state index contributed by atoms with van der Waals surface area (Å²) in [5.74, 6) is -0.549. The number of hydrogen-bond acceptors (Lipinski definition) is 3. The maximum Gasteiger partial charge on any atom is 1.00 e. The molecule has 0 aliphatic rings. The van der Waals surface area contributed by atoms with Gasteiger partial charge in [0.25, 0.3) is 0 Å². The molecule has 0 amide bonds. The summed E-state index contributed by atoms with van der Waals surface area (Å²) in [6.07, 6.45) is 0. The standard InChI is InChI=1S/C11H10N3O2.K/c1-7-4-9(11(15)16-6-13-3)5-8(2)10(7)14-12;/h4-5H,6H2,1-2H3;/q-1;+1. The zero-order valence-corrected chi connectivity index (χ0v) is 13.1. The van der Waals surface area contributed by atoms with Crippen LogP contribution in [0.5, 0.6) is 0 Å². The van der Waals surface area contributed by atoms with E-state index in [-0.39, 0.29) is 58.1 Å². The normalized spacial score (nSPS) is 8.76. The van der Waals surface area contributed by atoms with Gasteiger partial charge in [-0.25, -0.2) is 11.4 Å². The van der Waals surface area contributed by atoms with Crippen LogP contribution in [-0.2, 0) is 4.74 Å². The molecule has 17 heavy (non-hydrogen) atoms. The van der Waals surface area contributed by atoms with Gasteiger partial charge in [0.15, 0.2) is 0 Å². The summed E-state index contributed by atoms with van der Waals surface area (Å²) < 4.78 is 4.67. The van der Waals surface area contributed by atoms with Crippen LogP contribution < -0.4 is 51.4 Å². The molecule has 0 N–H and O–H groups in total. The van der Waals surface area contributed by atoms with Crippen LogP contribution in [-0.4, -0.2) is 12.7 Å². The van der Waals surface area contributed by atoms with Crippen molar-refractivity contribution in [3.05, 3.63) is 45.8 Å². The van der Waals surface area contributed by atoms with Gasteiger partial charge in [-0.15, -0.1) is 0 Å². The number of ether oxygens (including phenoxy) is 1. The Labute approximate surface area is 142 Å². The molecule has 0 saturated carbocycles. The van der Waals surface area contributed by atoms with Crippen LogP contribution in [0.2, 0.25) is 0 Å². The molecule has 0 bridgehead atoms. The van der Waals surface area contributed by atoms with Crippen LogP contribution in [0.15, 0.2) is 17.2 Å². The first-order valence-corrected chi connectivity index (χ1v) is 4.57. The van der Waals surface area contributed by atoms with Crippen molar-refractivity contribution in [3.63, 3.8) is 0 Å². The molecule has 1 rings (SSSR count). The first kappa shape index (κ1) is 16.4. The Kier molecular flexibility index (Phi) is 7.42. The zero-order chi connectivity index (χ0) is 12.1. The van der Waals surface area contributed by atoms with Crippen LogP contribution in [0, 0.1) is 20.4 Å². The first-order valence-electron chi connectivity index (χ1n) is 4.57. The van der Waals surface area contributed by atoms with Gasteiger partial charge >= 0.3 is 64.1 Å². The Morgan fingerprint density at radius 1 is 1.47 bits per heavy atom. The molecule has 0 aliphatic carbocycles. The number of rotatable bonds is 3. The minimum atomic E-state index is -0.549. The molecule has 0 aromatic heterocycles. The molecule has 0 unspecified atom stereocenters. The summed E-state index contributed by atoms with van der Waals surface area (Å²) in [5.41, 5.74) is 10.9. The van der Waals surface area contributed by atoms with Crippen molar-refractivity contribution >= 4 is 11.7 Å². The van der Waals surface area contributed by atoms with Crippen molar-refractivity contribution in [2.45, 2.75) is 13.8 Å². The van der Waals surface area contributed by atoms with E-state index in [1.807, 2.05) is 0 Å². The van der Waals surface area contributed by atoms with Crippen molar-refractivity contribution in [1.82, 2.24) is 0 Å². The second-order valence-corrected chi connectivity index (χ2v) is 3.28. The van der Waals surface area contributed by atoms with Crippen LogP contribution in [0.3, 0.4) is 0 Å². The van der Waals surface area contributed by atoms with Crippen molar-refractivity contribution < 1.29 is 60.9 Å². The summed E-state index contributed by atoms with van der Waals surface area (Å²) in [6.45, 7) is 9.68. The number of benzene rings is 1. The summed E-state index contributed by atoms with van der Waals surface area (Å²) in [4.78, 5) is 14.4. The molecular weight excluding hydrogens is 245 g/mol. The molecule has 5 nitrogen and oxygen atoms in total. The SMILES string of the molecule is [C-]#[N+]COC(=O)c1cc(C)c(N=[N-])c(C)c1.[K+]. The minimum Gasteiger partial charge on any atom is -0.706 e. The van der Waals surface area contributed by atoms with Crippen molar-refractivity contribution in [3.8, 4) is 0 Å². The number of esters is 1. The smallest absolute Gasteiger partial charge is 0.706 e. The average molecular weight is 255 g/mol. The molecule has 1 aromatic rings. The average Bonchev–Trinajstić information content (AvgIpc) is 2.25. The molecule has 0 spiro atoms. The van der Waals surface area contributed by atoms with Gasteiger partial charge in [-0.05, 0) is 37.1 Å². The van der Waals surface area contributed by atoms with Crippen molar-refractivity contribution in [2.75, 3.05) is 6.73 Å². The van der Waals surface area contributed by atoms with E-state index in [4.69, 9.17) is 12.1 Å². The molecular formula is C11H10KN3O2. The van der Waals surface area contributed by atoms with Gasteiger partial charge in [0, 0.05) is 5.69 Å². The third-order valence-electron chi connectivity index (χ3n) is 2.09. The Morgan fingerprint density at radius 3 is 2.41 bits per heavy atom. The van der Waals surface area contributed by atoms with E-state index >= 15 is 0 Å². The predicted molar refractivity (Wildman–Crippen MR) is 58.2 cm³/mol. The van der Waals surface area contributed by atoms with E-state index in [0.29, 0.717) is 22.4 Å². The van der Waals surface area contributed by atoms with E-state index in [1.165, 1.54) is 0 Å². The molecule has 1 aromatic carbocycles. The Bertz CT molecular complexity index is 457. The molecule has 0 atom stereocenters. The van der Waals surface area contributed by atoms with Crippen LogP contribution in [0.25, 0.3) is 10.4 Å². The summed E-state index contributed by atoms with van der Waals surface area (Å²) in [5, 5.41) is 3.13. The van der Waals surface area contributed by atoms with Crippen LogP contribution >= 0.6 is 0 Å². The van der Waals surface area contributed by atoms with Crippen LogP contribution in [0.4, 0.5) is 5.69 Å². The number of aryl methyl sites for hydroxylation is 2. The number of nitrogens with zero attached hydrogens (tertiary/aromatic N) is 3. The van der Waals surface area contributed by atoms with Gasteiger partial charge in [0.2, 0.25) is 0 Å². The quantitative estimate of drug-likeness (QED) is 0.330. The van der Waals surface area contributed by atoms with E-state index in [9.17, 15) is 4.79 Å². The van der Waals surface area contributed by atoms with Gasteiger partial charge in [0.05, 0.1) is 5.56 Å². The molecule has 6 heteroatoms. The Balaban J connectivity index is 0.00000256. The summed E-state index contributed by atoms with van der Waals surface area (Å²) in [7, 11) is 0. The van der Waals surface area contributed by atoms with Gasteiger partial charge in [-0.2, -0.15) is 0 Å². The fourth-order valence-corrected chi connectivity index (χ4v) is 1.41. The number of carbonyl (C=O) groups is 1. The number of carbonyl (C=O) groups excluding carboxylic acids is 1. The molecule has 0 heterocycles. The number of hydrogen-bond donors (Lipinski definition) is 0. The van der Waals surface area contributed by atoms with Gasteiger partial charge in [-0.1, -0.05) is 0 Å². The van der Waals surface area contributed by atoms with Gasteiger partial charge < -0.3 is 15.4 Å². The fraction of sp³-hybridized carbons (Fsp3) is 0.273. The monoisotopic (exact) mass is 255 g/mol. The van der Waals surface area contributed by atoms with Gasteiger partial charge in [0.1, 0.15) is 0 Å². The molecule has 0 saturated heterocycles. The summed E-state index contributed by atoms with van der Waals surface area (Å²) in [6, 6.07) is 3.13. The molecule has 0 fully saturated rings. The molecule has 82 valence electrons. The zero-order valence-electron chi connectivity index (χ0n) is 10.0. The Morgan fingerprint density at radius 2 is 2.00 bits per heavy atom. The van der Waals surface area contributed by atoms with E-state index in [2.05, 4.69) is 14.7 Å². The maximum absolute atomic E-state index is 11.4. The Hall–Kier alpha value is -0.584. The van der Waals surface area contributed by atoms with Crippen molar-refractivity contribution in [1.29, 1.82) is 0 Å². The van der Waals surface area contributed by atoms with Crippen LogP contribution in [0.1, 0.15) is 21.5 Å². The fourth-order valence-electron chi connectivity index (χ4n) is 1.41. The largest absolute Gasteiger partial charge is 1.00 e. The van der Waals surface area contributed by atoms with Gasteiger partial charge in [-0.3, -0.25) is 4.85 Å². The van der Waals surface area contributed by atoms with Crippen molar-refractivity contribution in [2.24, 2.45) is 5.11 Å².